The Morgan fingerprint density at radius 2 is 2.00 bits per heavy atom. The van der Waals surface area contributed by atoms with E-state index in [1.807, 2.05) is 41.3 Å². The number of halogens is 1. The molecule has 1 heterocycles. The van der Waals surface area contributed by atoms with Gasteiger partial charge in [-0.3, -0.25) is 4.90 Å². The third-order valence-electron chi connectivity index (χ3n) is 4.12. The molecule has 0 spiro atoms. The van der Waals surface area contributed by atoms with Crippen molar-refractivity contribution in [3.8, 4) is 5.75 Å². The molecular formula is C19H21ClN2O2. The van der Waals surface area contributed by atoms with Crippen LogP contribution >= 0.6 is 11.6 Å². The molecule has 1 aliphatic rings. The van der Waals surface area contributed by atoms with Gasteiger partial charge < -0.3 is 10.1 Å². The van der Waals surface area contributed by atoms with Crippen molar-refractivity contribution in [3.63, 3.8) is 0 Å². The summed E-state index contributed by atoms with van der Waals surface area (Å²) in [6.07, 6.45) is 1.63. The van der Waals surface area contributed by atoms with Crippen molar-refractivity contribution in [1.29, 1.82) is 0 Å². The number of hydrogen-bond acceptors (Lipinski definition) is 2. The number of nitrogens with one attached hydrogen (secondary N) is 1. The molecule has 2 amide bonds. The lowest BCUT2D eigenvalue weighted by Crippen LogP contribution is -2.43. The van der Waals surface area contributed by atoms with Crippen LogP contribution < -0.4 is 15.0 Å². The van der Waals surface area contributed by atoms with E-state index >= 15 is 0 Å². The zero-order valence-corrected chi connectivity index (χ0v) is 14.4. The van der Waals surface area contributed by atoms with Crippen LogP contribution in [0.15, 0.2) is 48.5 Å². The number of benzene rings is 2. The maximum atomic E-state index is 12.5. The fourth-order valence-corrected chi connectivity index (χ4v) is 3.16. The minimum absolute atomic E-state index is 0.0507. The first-order valence-corrected chi connectivity index (χ1v) is 8.57. The number of carbonyl (C=O) groups excluding carboxylic acids is 1. The lowest BCUT2D eigenvalue weighted by Gasteiger charge is -2.23. The largest absolute Gasteiger partial charge is 0.492 e. The second-order valence-electron chi connectivity index (χ2n) is 5.92. The van der Waals surface area contributed by atoms with E-state index in [9.17, 15) is 4.79 Å². The Kier molecular flexibility index (Phi) is 5.26. The molecule has 2 aromatic rings. The SMILES string of the molecule is CC1Cc2ccccc2N1C(=O)NCCCOc1ccccc1Cl. The Bertz CT molecular complexity index is 720. The molecule has 1 unspecified atom stereocenters. The van der Waals surface area contributed by atoms with Crippen LogP contribution in [-0.4, -0.2) is 25.2 Å². The van der Waals surface area contributed by atoms with Crippen LogP contribution in [0.5, 0.6) is 5.75 Å². The van der Waals surface area contributed by atoms with Crippen LogP contribution in [0, 0.1) is 0 Å². The predicted octanol–water partition coefficient (Wildman–Crippen LogP) is 4.27. The second-order valence-corrected chi connectivity index (χ2v) is 6.32. The molecule has 0 saturated carbocycles. The van der Waals surface area contributed by atoms with Gasteiger partial charge in [-0.1, -0.05) is 41.9 Å². The summed E-state index contributed by atoms with van der Waals surface area (Å²) >= 11 is 6.04. The zero-order valence-electron chi connectivity index (χ0n) is 13.7. The molecule has 0 radical (unpaired) electrons. The minimum atomic E-state index is -0.0507. The fraction of sp³-hybridized carbons (Fsp3) is 0.316. The summed E-state index contributed by atoms with van der Waals surface area (Å²) in [5.74, 6) is 0.674. The van der Waals surface area contributed by atoms with Gasteiger partial charge in [-0.05, 0) is 43.5 Å². The van der Waals surface area contributed by atoms with E-state index in [0.717, 1.165) is 18.5 Å². The van der Waals surface area contributed by atoms with Gasteiger partial charge in [0.15, 0.2) is 0 Å². The number of rotatable bonds is 5. The van der Waals surface area contributed by atoms with Crippen LogP contribution in [0.4, 0.5) is 10.5 Å². The van der Waals surface area contributed by atoms with Crippen LogP contribution in [0.1, 0.15) is 18.9 Å². The Labute approximate surface area is 147 Å². The molecule has 0 bridgehead atoms. The van der Waals surface area contributed by atoms with Gasteiger partial charge >= 0.3 is 6.03 Å². The van der Waals surface area contributed by atoms with Gasteiger partial charge in [0.1, 0.15) is 5.75 Å². The molecule has 0 aliphatic carbocycles. The van der Waals surface area contributed by atoms with Gasteiger partial charge in [0.25, 0.3) is 0 Å². The average Bonchev–Trinajstić information content (AvgIpc) is 2.91. The maximum Gasteiger partial charge on any atom is 0.322 e. The maximum absolute atomic E-state index is 12.5. The Hall–Kier alpha value is -2.20. The highest BCUT2D eigenvalue weighted by Gasteiger charge is 2.30. The Morgan fingerprint density at radius 1 is 1.25 bits per heavy atom. The van der Waals surface area contributed by atoms with Crippen molar-refractivity contribution in [2.24, 2.45) is 0 Å². The molecule has 1 N–H and O–H groups in total. The lowest BCUT2D eigenvalue weighted by molar-refractivity contribution is 0.243. The van der Waals surface area contributed by atoms with Crippen LogP contribution in [0.2, 0.25) is 5.02 Å². The van der Waals surface area contributed by atoms with E-state index in [1.165, 1.54) is 5.56 Å². The third kappa shape index (κ3) is 3.65. The lowest BCUT2D eigenvalue weighted by atomic mass is 10.1. The molecule has 4 nitrogen and oxygen atoms in total. The van der Waals surface area contributed by atoms with E-state index < -0.39 is 0 Å². The summed E-state index contributed by atoms with van der Waals surface area (Å²) in [5, 5.41) is 3.57. The van der Waals surface area contributed by atoms with Crippen LogP contribution in [0.3, 0.4) is 0 Å². The number of amides is 2. The smallest absolute Gasteiger partial charge is 0.322 e. The number of urea groups is 1. The summed E-state index contributed by atoms with van der Waals surface area (Å²) < 4.78 is 5.62. The first-order chi connectivity index (χ1) is 11.7. The van der Waals surface area contributed by atoms with Crippen molar-refractivity contribution in [3.05, 3.63) is 59.1 Å². The van der Waals surface area contributed by atoms with Gasteiger partial charge in [-0.15, -0.1) is 0 Å². The van der Waals surface area contributed by atoms with Crippen molar-refractivity contribution >= 4 is 23.3 Å². The molecule has 126 valence electrons. The Morgan fingerprint density at radius 3 is 2.83 bits per heavy atom. The van der Waals surface area contributed by atoms with E-state index in [-0.39, 0.29) is 12.1 Å². The van der Waals surface area contributed by atoms with Gasteiger partial charge in [-0.2, -0.15) is 0 Å². The third-order valence-corrected chi connectivity index (χ3v) is 4.43. The van der Waals surface area contributed by atoms with E-state index in [0.29, 0.717) is 23.9 Å². The monoisotopic (exact) mass is 344 g/mol. The van der Waals surface area contributed by atoms with Gasteiger partial charge in [0.05, 0.1) is 11.6 Å². The molecule has 1 aliphatic heterocycles. The molecule has 3 rings (SSSR count). The number of ether oxygens (including phenoxy) is 1. The summed E-state index contributed by atoms with van der Waals surface area (Å²) in [6.45, 7) is 3.14. The molecule has 5 heteroatoms. The first-order valence-electron chi connectivity index (χ1n) is 8.19. The van der Waals surface area contributed by atoms with Crippen molar-refractivity contribution in [1.82, 2.24) is 5.32 Å². The normalized spacial score (nSPS) is 15.9. The standard InChI is InChI=1S/C19H21ClN2O2/c1-14-13-15-7-2-4-9-17(15)22(14)19(23)21-11-6-12-24-18-10-5-3-8-16(18)20/h2-5,7-10,14H,6,11-13H2,1H3,(H,21,23). The molecular weight excluding hydrogens is 324 g/mol. The van der Waals surface area contributed by atoms with Crippen molar-refractivity contribution < 1.29 is 9.53 Å². The summed E-state index contributed by atoms with van der Waals surface area (Å²) in [6, 6.07) is 15.6. The van der Waals surface area contributed by atoms with Crippen molar-refractivity contribution in [2.75, 3.05) is 18.1 Å². The number of nitrogens with zero attached hydrogens (tertiary/aromatic N) is 1. The topological polar surface area (TPSA) is 41.6 Å². The number of anilines is 1. The van der Waals surface area contributed by atoms with Crippen molar-refractivity contribution in [2.45, 2.75) is 25.8 Å². The number of fused-ring (bicyclic) bond motifs is 1. The Balaban J connectivity index is 1.46. The number of carbonyl (C=O) groups is 1. The summed E-state index contributed by atoms with van der Waals surface area (Å²) in [5.41, 5.74) is 2.23. The van der Waals surface area contributed by atoms with Gasteiger partial charge in [0, 0.05) is 18.3 Å². The van der Waals surface area contributed by atoms with Gasteiger partial charge in [-0.25, -0.2) is 4.79 Å². The molecule has 0 saturated heterocycles. The fourth-order valence-electron chi connectivity index (χ4n) is 2.97. The molecule has 1 atom stereocenters. The molecule has 24 heavy (non-hydrogen) atoms. The van der Waals surface area contributed by atoms with E-state index in [2.05, 4.69) is 18.3 Å². The molecule has 0 aromatic heterocycles. The highest BCUT2D eigenvalue weighted by molar-refractivity contribution is 6.32. The highest BCUT2D eigenvalue weighted by atomic mass is 35.5. The van der Waals surface area contributed by atoms with E-state index in [1.54, 1.807) is 6.07 Å². The highest BCUT2D eigenvalue weighted by Crippen LogP contribution is 2.31. The predicted molar refractivity (Wildman–Crippen MR) is 97.0 cm³/mol. The second kappa shape index (κ2) is 7.58. The van der Waals surface area contributed by atoms with Crippen LogP contribution in [0.25, 0.3) is 0 Å². The number of hydrogen-bond donors (Lipinski definition) is 1. The minimum Gasteiger partial charge on any atom is -0.492 e. The first kappa shape index (κ1) is 16.7. The summed E-state index contributed by atoms with van der Waals surface area (Å²) in [4.78, 5) is 14.3. The van der Waals surface area contributed by atoms with Gasteiger partial charge in [0.2, 0.25) is 0 Å². The van der Waals surface area contributed by atoms with E-state index in [4.69, 9.17) is 16.3 Å². The number of para-hydroxylation sites is 2. The summed E-state index contributed by atoms with van der Waals surface area (Å²) in [7, 11) is 0. The molecule has 2 aromatic carbocycles. The molecule has 0 fully saturated rings. The zero-order chi connectivity index (χ0) is 16.9. The average molecular weight is 345 g/mol. The van der Waals surface area contributed by atoms with Crippen LogP contribution in [-0.2, 0) is 6.42 Å². The quantitative estimate of drug-likeness (QED) is 0.823.